The van der Waals surface area contributed by atoms with Crippen LogP contribution in [0.4, 0.5) is 13.2 Å². The summed E-state index contributed by atoms with van der Waals surface area (Å²) < 4.78 is 62.9. The summed E-state index contributed by atoms with van der Waals surface area (Å²) in [6.45, 7) is 5.69. The molecule has 0 N–H and O–H groups in total. The normalized spacial score (nSPS) is 27.8. The summed E-state index contributed by atoms with van der Waals surface area (Å²) in [6.07, 6.45) is -3.13. The third kappa shape index (κ3) is 2.64. The monoisotopic (exact) mass is 389 g/mol. The molecular weight excluding hydrogens is 367 g/mol. The Kier molecular flexibility index (Phi) is 4.04. The Morgan fingerprint density at radius 1 is 1.23 bits per heavy atom. The molecule has 1 fully saturated rings. The first-order valence-electron chi connectivity index (χ1n) is 8.41. The molecule has 2 atom stereocenters. The van der Waals surface area contributed by atoms with E-state index in [4.69, 9.17) is 0 Å². The zero-order chi connectivity index (χ0) is 19.7. The lowest BCUT2D eigenvalue weighted by Gasteiger charge is -2.60. The Bertz CT molecular complexity index is 876. The van der Waals surface area contributed by atoms with Crippen LogP contribution in [0.5, 0.6) is 0 Å². The molecule has 1 aliphatic carbocycles. The van der Waals surface area contributed by atoms with Crippen LogP contribution in [0.3, 0.4) is 0 Å². The Labute approximate surface area is 151 Å². The first-order chi connectivity index (χ1) is 11.7. The molecule has 1 heterocycles. The van der Waals surface area contributed by atoms with Crippen LogP contribution in [0.25, 0.3) is 0 Å². The van der Waals surface area contributed by atoms with Crippen molar-refractivity contribution in [3.63, 3.8) is 0 Å². The van der Waals surface area contributed by atoms with Crippen LogP contribution in [-0.2, 0) is 26.5 Å². The molecule has 0 spiro atoms. The first-order valence-corrected chi connectivity index (χ1v) is 10.3. The number of nitrogens with zero attached hydrogens (tertiary/aromatic N) is 1. The van der Waals surface area contributed by atoms with Crippen molar-refractivity contribution < 1.29 is 26.4 Å². The third-order valence-corrected chi connectivity index (χ3v) is 7.61. The highest BCUT2D eigenvalue weighted by Crippen LogP contribution is 2.56. The number of amides is 1. The molecule has 26 heavy (non-hydrogen) atoms. The van der Waals surface area contributed by atoms with E-state index in [-0.39, 0.29) is 17.9 Å². The Morgan fingerprint density at radius 3 is 2.38 bits per heavy atom. The van der Waals surface area contributed by atoms with Crippen LogP contribution in [0, 0.1) is 5.41 Å². The Hall–Kier alpha value is -1.57. The summed E-state index contributed by atoms with van der Waals surface area (Å²) >= 11 is 0. The number of carbonyl (C=O) groups is 1. The highest BCUT2D eigenvalue weighted by Gasteiger charge is 2.59. The second-order valence-electron chi connectivity index (χ2n) is 8.11. The van der Waals surface area contributed by atoms with Gasteiger partial charge in [-0.05, 0) is 41.5 Å². The highest BCUT2D eigenvalue weighted by atomic mass is 32.2. The van der Waals surface area contributed by atoms with Gasteiger partial charge in [-0.2, -0.15) is 13.2 Å². The van der Waals surface area contributed by atoms with E-state index in [0.717, 1.165) is 22.3 Å². The molecule has 0 unspecified atom stereocenters. The molecule has 1 aromatic rings. The van der Waals surface area contributed by atoms with Crippen LogP contribution in [0.15, 0.2) is 23.1 Å². The zero-order valence-corrected chi connectivity index (χ0v) is 16.0. The number of halogens is 3. The van der Waals surface area contributed by atoms with Crippen LogP contribution >= 0.6 is 0 Å². The predicted molar refractivity (Wildman–Crippen MR) is 90.6 cm³/mol. The lowest BCUT2D eigenvalue weighted by molar-refractivity contribution is -0.195. The van der Waals surface area contributed by atoms with E-state index in [1.807, 2.05) is 20.8 Å². The van der Waals surface area contributed by atoms with Crippen molar-refractivity contribution in [2.24, 2.45) is 5.41 Å². The quantitative estimate of drug-likeness (QED) is 0.742. The van der Waals surface area contributed by atoms with Gasteiger partial charge >= 0.3 is 12.1 Å². The van der Waals surface area contributed by atoms with Gasteiger partial charge in [-0.15, -0.1) is 0 Å². The van der Waals surface area contributed by atoms with Gasteiger partial charge in [0.1, 0.15) is 0 Å². The van der Waals surface area contributed by atoms with Crippen LogP contribution in [0.2, 0.25) is 0 Å². The fourth-order valence-electron chi connectivity index (χ4n) is 4.52. The van der Waals surface area contributed by atoms with E-state index in [2.05, 4.69) is 0 Å². The molecule has 1 amide bonds. The SMILES string of the molecule is CC1(C)[C@H]2Cc3ccc(S(C)(=O)=O)cc3[C@]1(C)CCN2C(=O)C(F)(F)F. The molecule has 1 aliphatic heterocycles. The van der Waals surface area contributed by atoms with Crippen LogP contribution < -0.4 is 0 Å². The second-order valence-corrected chi connectivity index (χ2v) is 10.1. The fourth-order valence-corrected chi connectivity index (χ4v) is 5.17. The van der Waals surface area contributed by atoms with Crippen LogP contribution in [-0.4, -0.2) is 44.2 Å². The van der Waals surface area contributed by atoms with Crippen molar-refractivity contribution >= 4 is 15.7 Å². The summed E-state index contributed by atoms with van der Waals surface area (Å²) in [4.78, 5) is 13.1. The molecular formula is C18H22F3NO3S. The van der Waals surface area contributed by atoms with Crippen molar-refractivity contribution in [3.05, 3.63) is 29.3 Å². The minimum atomic E-state index is -4.90. The molecule has 2 bridgehead atoms. The number of fused-ring (bicyclic) bond motifs is 4. The fraction of sp³-hybridized carbons (Fsp3) is 0.611. The smallest absolute Gasteiger partial charge is 0.331 e. The van der Waals surface area contributed by atoms with Gasteiger partial charge in [0.2, 0.25) is 0 Å². The number of likely N-dealkylation sites (tertiary alicyclic amines) is 1. The number of alkyl halides is 3. The van der Waals surface area contributed by atoms with E-state index in [1.54, 1.807) is 12.1 Å². The number of rotatable bonds is 1. The minimum Gasteiger partial charge on any atom is -0.331 e. The standard InChI is InChI=1S/C18H22F3NO3S/c1-16(2)14-9-11-5-6-12(26(4,24)25)10-13(11)17(16,3)7-8-22(14)15(23)18(19,20)21/h5-6,10,14H,7-9H2,1-4H3/t14-,17+/m1/s1. The predicted octanol–water partition coefficient (Wildman–Crippen LogP) is 3.09. The molecule has 1 aromatic carbocycles. The summed E-state index contributed by atoms with van der Waals surface area (Å²) in [7, 11) is -3.38. The average molecular weight is 389 g/mol. The molecule has 8 heteroatoms. The number of hydrogen-bond acceptors (Lipinski definition) is 3. The lowest BCUT2D eigenvalue weighted by atomic mass is 9.51. The second kappa shape index (κ2) is 5.47. The average Bonchev–Trinajstić information content (AvgIpc) is 2.48. The maximum Gasteiger partial charge on any atom is 0.471 e. The van der Waals surface area contributed by atoms with Gasteiger partial charge in [0.25, 0.3) is 0 Å². The van der Waals surface area contributed by atoms with E-state index in [1.165, 1.54) is 6.07 Å². The lowest BCUT2D eigenvalue weighted by Crippen LogP contribution is -2.66. The maximum absolute atomic E-state index is 13.0. The minimum absolute atomic E-state index is 0.00544. The number of hydrogen-bond donors (Lipinski definition) is 0. The van der Waals surface area contributed by atoms with Crippen molar-refractivity contribution in [2.45, 2.75) is 56.1 Å². The van der Waals surface area contributed by atoms with Crippen molar-refractivity contribution in [3.8, 4) is 0 Å². The molecule has 0 saturated carbocycles. The largest absolute Gasteiger partial charge is 0.471 e. The van der Waals surface area contributed by atoms with Crippen LogP contribution in [0.1, 0.15) is 38.3 Å². The summed E-state index contributed by atoms with van der Waals surface area (Å²) in [5, 5.41) is 0. The van der Waals surface area contributed by atoms with E-state index in [0.29, 0.717) is 6.42 Å². The van der Waals surface area contributed by atoms with Gasteiger partial charge in [0, 0.05) is 24.3 Å². The first kappa shape index (κ1) is 19.2. The van der Waals surface area contributed by atoms with Gasteiger partial charge < -0.3 is 4.90 Å². The highest BCUT2D eigenvalue weighted by molar-refractivity contribution is 7.90. The topological polar surface area (TPSA) is 54.5 Å². The van der Waals surface area contributed by atoms with Crippen molar-refractivity contribution in [2.75, 3.05) is 12.8 Å². The van der Waals surface area contributed by atoms with Gasteiger partial charge in [0.05, 0.1) is 4.90 Å². The molecule has 144 valence electrons. The van der Waals surface area contributed by atoms with Gasteiger partial charge in [-0.1, -0.05) is 26.8 Å². The van der Waals surface area contributed by atoms with E-state index < -0.39 is 38.8 Å². The summed E-state index contributed by atoms with van der Waals surface area (Å²) in [5.74, 6) is -1.80. The molecule has 3 rings (SSSR count). The molecule has 0 aromatic heterocycles. The number of sulfone groups is 1. The van der Waals surface area contributed by atoms with E-state index in [9.17, 15) is 26.4 Å². The molecule has 1 saturated heterocycles. The van der Waals surface area contributed by atoms with Crippen molar-refractivity contribution in [1.82, 2.24) is 4.90 Å². The molecule has 4 nitrogen and oxygen atoms in total. The Balaban J connectivity index is 2.14. The Morgan fingerprint density at radius 2 is 1.85 bits per heavy atom. The van der Waals surface area contributed by atoms with Gasteiger partial charge in [-0.3, -0.25) is 4.79 Å². The van der Waals surface area contributed by atoms with E-state index >= 15 is 0 Å². The number of benzene rings is 1. The summed E-state index contributed by atoms with van der Waals surface area (Å²) in [5.41, 5.74) is 0.522. The van der Waals surface area contributed by atoms with Gasteiger partial charge in [0.15, 0.2) is 9.84 Å². The molecule has 0 radical (unpaired) electrons. The van der Waals surface area contributed by atoms with Gasteiger partial charge in [-0.25, -0.2) is 8.42 Å². The maximum atomic E-state index is 13.0. The summed E-state index contributed by atoms with van der Waals surface area (Å²) in [6, 6.07) is 4.23. The molecule has 2 aliphatic rings. The number of piperidine rings is 1. The zero-order valence-electron chi connectivity index (χ0n) is 15.1. The van der Waals surface area contributed by atoms with Crippen molar-refractivity contribution in [1.29, 1.82) is 0 Å². The third-order valence-electron chi connectivity index (χ3n) is 6.50. The number of carbonyl (C=O) groups excluding carboxylic acids is 1.